The molecular weight excluding hydrogens is 256 g/mol. The van der Waals surface area contributed by atoms with Gasteiger partial charge in [0.25, 0.3) is 0 Å². The van der Waals surface area contributed by atoms with E-state index in [0.29, 0.717) is 5.41 Å². The molecule has 1 aromatic heterocycles. The Hall–Kier alpha value is -1.57. The van der Waals surface area contributed by atoms with Gasteiger partial charge in [-0.2, -0.15) is 0 Å². The Labute approximate surface area is 129 Å². The Morgan fingerprint density at radius 1 is 1.14 bits per heavy atom. The second-order valence-corrected chi connectivity index (χ2v) is 6.82. The monoisotopic (exact) mass is 284 g/mol. The Bertz CT molecular complexity index is 587. The molecule has 0 unspecified atom stereocenters. The minimum absolute atomic E-state index is 0.314. The van der Waals surface area contributed by atoms with Crippen LogP contribution in [0.4, 0.5) is 5.82 Å². The van der Waals surface area contributed by atoms with Crippen molar-refractivity contribution in [2.24, 2.45) is 5.41 Å². The van der Waals surface area contributed by atoms with Crippen LogP contribution >= 0.6 is 0 Å². The highest BCUT2D eigenvalue weighted by atomic mass is 15.0. The summed E-state index contributed by atoms with van der Waals surface area (Å²) in [5, 5.41) is 4.77. The van der Waals surface area contributed by atoms with Crippen molar-refractivity contribution in [3.05, 3.63) is 35.9 Å². The molecule has 0 spiro atoms. The van der Waals surface area contributed by atoms with Gasteiger partial charge in [-0.05, 0) is 36.5 Å². The fraction of sp³-hybridized carbons (Fsp3) is 0.526. The molecule has 0 saturated heterocycles. The van der Waals surface area contributed by atoms with Crippen LogP contribution < -0.4 is 5.32 Å². The van der Waals surface area contributed by atoms with Gasteiger partial charge in [0.15, 0.2) is 0 Å². The van der Waals surface area contributed by atoms with Gasteiger partial charge < -0.3 is 5.32 Å². The van der Waals surface area contributed by atoms with Crippen molar-refractivity contribution in [3.63, 3.8) is 0 Å². The van der Waals surface area contributed by atoms with E-state index in [1.165, 1.54) is 36.6 Å². The molecule has 0 aliphatic rings. The van der Waals surface area contributed by atoms with E-state index >= 15 is 0 Å². The average molecular weight is 284 g/mol. The average Bonchev–Trinajstić information content (AvgIpc) is 2.45. The first-order chi connectivity index (χ1) is 10.0. The number of rotatable bonds is 7. The molecule has 0 bridgehead atoms. The predicted octanol–water partition coefficient (Wildman–Crippen LogP) is 5.56. The van der Waals surface area contributed by atoms with Gasteiger partial charge in [-0.15, -0.1) is 0 Å². The van der Waals surface area contributed by atoms with E-state index in [9.17, 15) is 0 Å². The Morgan fingerprint density at radius 3 is 2.67 bits per heavy atom. The van der Waals surface area contributed by atoms with Crippen molar-refractivity contribution in [1.82, 2.24) is 4.98 Å². The fourth-order valence-corrected chi connectivity index (χ4v) is 2.67. The molecule has 0 aliphatic carbocycles. The molecule has 0 amide bonds. The molecule has 114 valence electrons. The Balaban J connectivity index is 2.04. The van der Waals surface area contributed by atoms with Crippen LogP contribution in [0.3, 0.4) is 0 Å². The summed E-state index contributed by atoms with van der Waals surface area (Å²) < 4.78 is 0. The van der Waals surface area contributed by atoms with E-state index in [4.69, 9.17) is 4.98 Å². The molecule has 2 heteroatoms. The van der Waals surface area contributed by atoms with Crippen molar-refractivity contribution in [2.75, 3.05) is 11.9 Å². The largest absolute Gasteiger partial charge is 0.369 e. The lowest BCUT2D eigenvalue weighted by molar-refractivity contribution is 0.342. The summed E-state index contributed by atoms with van der Waals surface area (Å²) in [7, 11) is 0. The number of nitrogens with zero attached hydrogens (tertiary/aromatic N) is 1. The number of anilines is 1. The summed E-state index contributed by atoms with van der Waals surface area (Å²) in [6, 6.07) is 10.5. The number of benzene rings is 1. The molecule has 2 aromatic rings. The van der Waals surface area contributed by atoms with E-state index in [2.05, 4.69) is 57.3 Å². The summed E-state index contributed by atoms with van der Waals surface area (Å²) in [6.07, 6.45) is 5.20. The smallest absolute Gasteiger partial charge is 0.129 e. The van der Waals surface area contributed by atoms with Gasteiger partial charge in [-0.25, -0.2) is 4.98 Å². The second kappa shape index (κ2) is 6.93. The van der Waals surface area contributed by atoms with Crippen LogP contribution in [0, 0.1) is 12.3 Å². The highest BCUT2D eigenvalue weighted by Gasteiger charge is 2.17. The normalized spacial score (nSPS) is 11.8. The Morgan fingerprint density at radius 2 is 1.90 bits per heavy atom. The lowest BCUT2D eigenvalue weighted by Gasteiger charge is -2.25. The summed E-state index contributed by atoms with van der Waals surface area (Å²) in [4.78, 5) is 4.76. The van der Waals surface area contributed by atoms with E-state index < -0.39 is 0 Å². The van der Waals surface area contributed by atoms with Crippen molar-refractivity contribution >= 4 is 16.7 Å². The van der Waals surface area contributed by atoms with Crippen LogP contribution in [0.15, 0.2) is 30.3 Å². The molecule has 21 heavy (non-hydrogen) atoms. The van der Waals surface area contributed by atoms with Gasteiger partial charge in [0.1, 0.15) is 5.82 Å². The summed E-state index contributed by atoms with van der Waals surface area (Å²) in [5.74, 6) is 1.03. The number of hydrogen-bond acceptors (Lipinski definition) is 2. The molecule has 2 rings (SSSR count). The van der Waals surface area contributed by atoms with Gasteiger partial charge in [0, 0.05) is 11.9 Å². The molecule has 0 saturated carbocycles. The van der Waals surface area contributed by atoms with Crippen LogP contribution in [0.1, 0.15) is 52.0 Å². The van der Waals surface area contributed by atoms with Crippen LogP contribution in [-0.2, 0) is 0 Å². The minimum Gasteiger partial charge on any atom is -0.369 e. The van der Waals surface area contributed by atoms with Crippen LogP contribution in [-0.4, -0.2) is 11.5 Å². The second-order valence-electron chi connectivity index (χ2n) is 6.82. The number of aromatic nitrogens is 1. The number of pyridine rings is 1. The number of para-hydroxylation sites is 1. The van der Waals surface area contributed by atoms with Crippen LogP contribution in [0.5, 0.6) is 0 Å². The number of fused-ring (bicyclic) bond motifs is 1. The first-order valence-corrected chi connectivity index (χ1v) is 8.12. The molecular formula is C19H28N2. The maximum Gasteiger partial charge on any atom is 0.129 e. The van der Waals surface area contributed by atoms with Crippen molar-refractivity contribution in [1.29, 1.82) is 0 Å². The highest BCUT2D eigenvalue weighted by molar-refractivity contribution is 5.81. The van der Waals surface area contributed by atoms with E-state index in [0.717, 1.165) is 17.9 Å². The fourth-order valence-electron chi connectivity index (χ4n) is 2.67. The van der Waals surface area contributed by atoms with Gasteiger partial charge in [0.05, 0.1) is 5.52 Å². The molecule has 0 radical (unpaired) electrons. The molecule has 1 aromatic carbocycles. The van der Waals surface area contributed by atoms with Crippen molar-refractivity contribution in [3.8, 4) is 0 Å². The zero-order chi connectivity index (χ0) is 15.3. The Kier molecular flexibility index (Phi) is 5.22. The molecule has 0 aliphatic heterocycles. The highest BCUT2D eigenvalue weighted by Crippen LogP contribution is 2.26. The molecule has 1 N–H and O–H groups in total. The lowest BCUT2D eigenvalue weighted by atomic mass is 9.87. The maximum absolute atomic E-state index is 4.76. The summed E-state index contributed by atoms with van der Waals surface area (Å²) in [6.45, 7) is 10.0. The molecule has 0 fully saturated rings. The van der Waals surface area contributed by atoms with Crippen molar-refractivity contribution < 1.29 is 0 Å². The van der Waals surface area contributed by atoms with E-state index in [1.54, 1.807) is 0 Å². The number of nitrogens with one attached hydrogen (secondary N) is 1. The third kappa shape index (κ3) is 4.45. The quantitative estimate of drug-likeness (QED) is 0.673. The topological polar surface area (TPSA) is 24.9 Å². The SMILES string of the molecule is CCCCCC(C)(C)CNc1nc2ccccc2cc1C. The lowest BCUT2D eigenvalue weighted by Crippen LogP contribution is -2.23. The van der Waals surface area contributed by atoms with Gasteiger partial charge in [0.2, 0.25) is 0 Å². The first-order valence-electron chi connectivity index (χ1n) is 8.12. The van der Waals surface area contributed by atoms with E-state index in [-0.39, 0.29) is 0 Å². The molecule has 1 heterocycles. The molecule has 0 atom stereocenters. The number of hydrogen-bond donors (Lipinski definition) is 1. The first kappa shape index (κ1) is 15.8. The predicted molar refractivity (Wildman–Crippen MR) is 92.9 cm³/mol. The third-order valence-electron chi connectivity index (χ3n) is 4.11. The number of aryl methyl sites for hydroxylation is 1. The standard InChI is InChI=1S/C19H28N2/c1-5-6-9-12-19(3,4)14-20-18-15(2)13-16-10-7-8-11-17(16)21-18/h7-8,10-11,13H,5-6,9,12,14H2,1-4H3,(H,20,21). The summed E-state index contributed by atoms with van der Waals surface area (Å²) >= 11 is 0. The van der Waals surface area contributed by atoms with Gasteiger partial charge >= 0.3 is 0 Å². The van der Waals surface area contributed by atoms with Crippen LogP contribution in [0.25, 0.3) is 10.9 Å². The zero-order valence-corrected chi connectivity index (χ0v) is 13.9. The minimum atomic E-state index is 0.314. The van der Waals surface area contributed by atoms with Gasteiger partial charge in [-0.1, -0.05) is 58.2 Å². The van der Waals surface area contributed by atoms with Crippen molar-refractivity contribution in [2.45, 2.75) is 53.4 Å². The molecule has 2 nitrogen and oxygen atoms in total. The maximum atomic E-state index is 4.76. The zero-order valence-electron chi connectivity index (χ0n) is 13.9. The summed E-state index contributed by atoms with van der Waals surface area (Å²) in [5.41, 5.74) is 2.60. The number of unbranched alkanes of at least 4 members (excludes halogenated alkanes) is 2. The van der Waals surface area contributed by atoms with E-state index in [1.807, 2.05) is 6.07 Å². The van der Waals surface area contributed by atoms with Gasteiger partial charge in [-0.3, -0.25) is 0 Å². The third-order valence-corrected chi connectivity index (χ3v) is 4.11. The van der Waals surface area contributed by atoms with Crippen LogP contribution in [0.2, 0.25) is 0 Å².